The topological polar surface area (TPSA) is 131 Å². The van der Waals surface area contributed by atoms with Crippen LogP contribution in [0.2, 0.25) is 0 Å². The molecule has 358 valence electrons. The summed E-state index contributed by atoms with van der Waals surface area (Å²) in [5.41, 5.74) is 2.27. The van der Waals surface area contributed by atoms with Crippen LogP contribution in [0.25, 0.3) is 0 Å². The molecule has 0 aromatic heterocycles. The first-order valence-electron chi connectivity index (χ1n) is 25.5. The van der Waals surface area contributed by atoms with Crippen LogP contribution in [0.1, 0.15) is 183 Å². The summed E-state index contributed by atoms with van der Waals surface area (Å²) in [7, 11) is 0. The van der Waals surface area contributed by atoms with E-state index in [9.17, 15) is 24.3 Å². The Bertz CT molecular complexity index is 1810. The molecule has 5 saturated carbocycles. The monoisotopic (exact) mass is 887 g/mol. The third kappa shape index (κ3) is 10.1. The van der Waals surface area contributed by atoms with Gasteiger partial charge in [0.25, 0.3) is 0 Å². The van der Waals surface area contributed by atoms with Crippen molar-refractivity contribution < 1.29 is 33.8 Å². The van der Waals surface area contributed by atoms with Gasteiger partial charge in [-0.2, -0.15) is 0 Å². The number of hydrogen-bond acceptors (Lipinski definition) is 7. The average molecular weight is 887 g/mol. The van der Waals surface area contributed by atoms with Crippen LogP contribution in [-0.4, -0.2) is 53.7 Å². The first kappa shape index (κ1) is 50.2. The van der Waals surface area contributed by atoms with Crippen LogP contribution < -0.4 is 10.6 Å². The highest BCUT2D eigenvalue weighted by molar-refractivity contribution is 5.84. The van der Waals surface area contributed by atoms with Crippen LogP contribution in [-0.2, 0) is 35.3 Å². The number of aliphatic hydroxyl groups excluding tert-OH is 1. The Hall–Kier alpha value is -3.20. The van der Waals surface area contributed by atoms with Gasteiger partial charge >= 0.3 is 11.9 Å². The molecule has 9 nitrogen and oxygen atoms in total. The summed E-state index contributed by atoms with van der Waals surface area (Å²) in [5, 5.41) is 17.4. The molecular weight excluding hydrogens is 801 g/mol. The number of esters is 2. The molecular formula is C55H86N2O7. The molecule has 0 spiro atoms. The maximum Gasteiger partial charge on any atom is 0.308 e. The summed E-state index contributed by atoms with van der Waals surface area (Å²) in [6.07, 6.45) is 15.2. The zero-order valence-corrected chi connectivity index (χ0v) is 41.3. The largest absolute Gasteiger partial charge is 0.462 e. The molecule has 0 bridgehead atoms. The summed E-state index contributed by atoms with van der Waals surface area (Å²) in [5.74, 6) is 2.08. The predicted molar refractivity (Wildman–Crippen MR) is 253 cm³/mol. The smallest absolute Gasteiger partial charge is 0.308 e. The number of unbranched alkanes of at least 4 members (excludes halogenated alkanes) is 4. The van der Waals surface area contributed by atoms with Crippen molar-refractivity contribution in [2.75, 3.05) is 6.54 Å². The molecule has 1 aromatic rings. The minimum absolute atomic E-state index is 0.0195. The van der Waals surface area contributed by atoms with E-state index in [1.54, 1.807) is 6.92 Å². The Morgan fingerprint density at radius 2 is 1.52 bits per heavy atom. The highest BCUT2D eigenvalue weighted by Crippen LogP contribution is 2.77. The van der Waals surface area contributed by atoms with E-state index >= 15 is 0 Å². The zero-order valence-electron chi connectivity index (χ0n) is 41.3. The lowest BCUT2D eigenvalue weighted by Gasteiger charge is -2.72. The summed E-state index contributed by atoms with van der Waals surface area (Å²) < 4.78 is 11.4. The standard InChI is InChI=1S/C55H86N2O7/c1-36(2)33-42(43(59)34-48(61)63-35-39-19-15-14-16-20-39)57-47(60)21-17-12-11-13-18-32-56-50(62)55-29-24-40(37(3)4)49(55)41-22-23-45-52(8)27-26-46(64-38(5)58)51(6,7)44(52)25-28-54(45,10)53(41,9)30-31-55/h14-16,19-20,36,40-46,49,59H,3,11-13,17-18,21-35H2,1-2,4-10H3,(H,56,62)(H,57,60)/t40-,41+,42-,43+,44-,45+,46-,49+,52-,53+,54+,55-/m0/s1. The van der Waals surface area contributed by atoms with Crippen LogP contribution in [0.15, 0.2) is 42.5 Å². The third-order valence-electron chi connectivity index (χ3n) is 18.8. The minimum Gasteiger partial charge on any atom is -0.462 e. The van der Waals surface area contributed by atoms with Gasteiger partial charge in [-0.3, -0.25) is 19.2 Å². The van der Waals surface area contributed by atoms with Gasteiger partial charge in [0.2, 0.25) is 11.8 Å². The lowest BCUT2D eigenvalue weighted by atomic mass is 9.32. The van der Waals surface area contributed by atoms with E-state index in [2.05, 4.69) is 58.8 Å². The molecule has 9 heteroatoms. The number of fused-ring (bicyclic) bond motifs is 7. The van der Waals surface area contributed by atoms with Crippen LogP contribution >= 0.6 is 0 Å². The quantitative estimate of drug-likeness (QED) is 0.0716. The molecule has 0 aliphatic heterocycles. The number of nitrogens with one attached hydrogen (secondary N) is 2. The maximum atomic E-state index is 14.6. The second kappa shape index (κ2) is 20.3. The lowest BCUT2D eigenvalue weighted by molar-refractivity contribution is -0.248. The van der Waals surface area contributed by atoms with Gasteiger partial charge in [0.1, 0.15) is 12.7 Å². The molecule has 5 aliphatic carbocycles. The van der Waals surface area contributed by atoms with Crippen molar-refractivity contribution in [2.45, 2.75) is 203 Å². The number of carbonyl (C=O) groups is 4. The number of benzene rings is 1. The fourth-order valence-electron chi connectivity index (χ4n) is 15.4. The Kier molecular flexibility index (Phi) is 16.0. The molecule has 0 unspecified atom stereocenters. The van der Waals surface area contributed by atoms with E-state index in [4.69, 9.17) is 9.47 Å². The Balaban J connectivity index is 0.977. The van der Waals surface area contributed by atoms with Crippen molar-refractivity contribution >= 4 is 23.8 Å². The van der Waals surface area contributed by atoms with Gasteiger partial charge in [0, 0.05) is 25.3 Å². The molecule has 1 aromatic carbocycles. The fraction of sp³-hybridized carbons (Fsp3) is 0.782. The second-order valence-electron chi connectivity index (χ2n) is 23.3. The third-order valence-corrected chi connectivity index (χ3v) is 18.8. The van der Waals surface area contributed by atoms with Crippen LogP contribution in [0, 0.1) is 62.6 Å². The Labute approximate surface area is 386 Å². The van der Waals surface area contributed by atoms with Gasteiger partial charge in [0.15, 0.2) is 0 Å². The fourth-order valence-corrected chi connectivity index (χ4v) is 15.4. The molecule has 64 heavy (non-hydrogen) atoms. The van der Waals surface area contributed by atoms with Crippen LogP contribution in [0.3, 0.4) is 0 Å². The average Bonchev–Trinajstić information content (AvgIpc) is 3.63. The normalized spacial score (nSPS) is 34.8. The second-order valence-corrected chi connectivity index (χ2v) is 23.3. The molecule has 3 N–H and O–H groups in total. The van der Waals surface area contributed by atoms with Crippen molar-refractivity contribution in [1.29, 1.82) is 0 Å². The molecule has 0 radical (unpaired) electrons. The number of hydrogen-bond donors (Lipinski definition) is 3. The number of carbonyl (C=O) groups excluding carboxylic acids is 4. The first-order valence-corrected chi connectivity index (χ1v) is 25.5. The number of allylic oxidation sites excluding steroid dienone is 1. The van der Waals surface area contributed by atoms with Gasteiger partial charge in [-0.1, -0.05) is 110 Å². The van der Waals surface area contributed by atoms with Crippen molar-refractivity contribution in [3.05, 3.63) is 48.0 Å². The van der Waals surface area contributed by atoms with Crippen molar-refractivity contribution in [3.8, 4) is 0 Å². The lowest BCUT2D eigenvalue weighted by Crippen LogP contribution is -2.67. The SMILES string of the molecule is C=C(C)[C@@H]1CC[C@]2(C(=O)NCCCCCCCC(=O)N[C@@H](CC(C)C)[C@H](O)CC(=O)OCc3ccccc3)CC[C@]3(C)[C@H](CC[C@@H]4[C@@]5(C)CC[C@H](OC(C)=O)C(C)(C)[C@@H]5CC[C@]43C)[C@@H]12. The van der Waals surface area contributed by atoms with Gasteiger partial charge in [-0.05, 0) is 148 Å². The summed E-state index contributed by atoms with van der Waals surface area (Å²) >= 11 is 0. The van der Waals surface area contributed by atoms with E-state index < -0.39 is 18.1 Å². The predicted octanol–water partition coefficient (Wildman–Crippen LogP) is 11.1. The summed E-state index contributed by atoms with van der Waals surface area (Å²) in [6, 6.07) is 8.93. The van der Waals surface area contributed by atoms with Crippen molar-refractivity contribution in [1.82, 2.24) is 10.6 Å². The number of rotatable bonds is 19. The summed E-state index contributed by atoms with van der Waals surface area (Å²) in [4.78, 5) is 52.2. The Morgan fingerprint density at radius 1 is 0.812 bits per heavy atom. The first-order chi connectivity index (χ1) is 30.2. The summed E-state index contributed by atoms with van der Waals surface area (Å²) in [6.45, 7) is 25.8. The van der Waals surface area contributed by atoms with E-state index in [0.29, 0.717) is 49.0 Å². The van der Waals surface area contributed by atoms with Gasteiger partial charge in [-0.25, -0.2) is 0 Å². The van der Waals surface area contributed by atoms with Crippen LogP contribution in [0.5, 0.6) is 0 Å². The van der Waals surface area contributed by atoms with Crippen LogP contribution in [0.4, 0.5) is 0 Å². The highest BCUT2D eigenvalue weighted by Gasteiger charge is 2.72. The molecule has 6 rings (SSSR count). The highest BCUT2D eigenvalue weighted by atomic mass is 16.5. The molecule has 2 amide bonds. The minimum atomic E-state index is -1.02. The molecule has 0 saturated heterocycles. The van der Waals surface area contributed by atoms with E-state index in [0.717, 1.165) is 76.2 Å². The van der Waals surface area contributed by atoms with Gasteiger partial charge in [-0.15, -0.1) is 0 Å². The number of aliphatic hydroxyl groups is 1. The molecule has 5 fully saturated rings. The van der Waals surface area contributed by atoms with Crippen molar-refractivity contribution in [3.63, 3.8) is 0 Å². The van der Waals surface area contributed by atoms with Crippen molar-refractivity contribution in [2.24, 2.45) is 62.6 Å². The van der Waals surface area contributed by atoms with Gasteiger partial charge < -0.3 is 25.2 Å². The van der Waals surface area contributed by atoms with E-state index in [1.807, 2.05) is 44.2 Å². The molecule has 0 heterocycles. The van der Waals surface area contributed by atoms with E-state index in [1.165, 1.54) is 31.3 Å². The molecule has 12 atom stereocenters. The molecule has 5 aliphatic rings. The zero-order chi connectivity index (χ0) is 46.7. The Morgan fingerprint density at radius 3 is 2.20 bits per heavy atom. The maximum absolute atomic E-state index is 14.6. The van der Waals surface area contributed by atoms with Gasteiger partial charge in [0.05, 0.1) is 24.0 Å². The number of amides is 2. The van der Waals surface area contributed by atoms with E-state index in [-0.39, 0.29) is 69.9 Å². The number of ether oxygens (including phenoxy) is 2.